The molecule has 2 aromatic rings. The number of carbonyl (C=O) groups is 1. The lowest BCUT2D eigenvalue weighted by atomic mass is 10.2. The molecule has 3 rings (SSSR count). The van der Waals surface area contributed by atoms with Gasteiger partial charge in [-0.3, -0.25) is 4.79 Å². The number of anilines is 2. The first-order valence-corrected chi connectivity index (χ1v) is 10.1. The molecule has 1 aliphatic rings. The molecule has 1 aromatic carbocycles. The molecule has 0 atom stereocenters. The second kappa shape index (κ2) is 8.21. The lowest BCUT2D eigenvalue weighted by Crippen LogP contribution is -2.36. The van der Waals surface area contributed by atoms with Gasteiger partial charge in [0.25, 0.3) is 5.91 Å². The first-order chi connectivity index (χ1) is 13.3. The van der Waals surface area contributed by atoms with Crippen LogP contribution in [-0.2, 0) is 14.8 Å². The van der Waals surface area contributed by atoms with Crippen molar-refractivity contribution in [2.24, 2.45) is 0 Å². The van der Waals surface area contributed by atoms with E-state index in [0.29, 0.717) is 19.0 Å². The van der Waals surface area contributed by atoms with Crippen LogP contribution in [0.1, 0.15) is 10.4 Å². The molecule has 0 bridgehead atoms. The Balaban J connectivity index is 1.76. The minimum atomic E-state index is -4.01. The number of nitrogens with one attached hydrogen (secondary N) is 1. The summed E-state index contributed by atoms with van der Waals surface area (Å²) in [7, 11) is -1.42. The number of benzene rings is 1. The van der Waals surface area contributed by atoms with Crippen molar-refractivity contribution in [2.45, 2.75) is 4.90 Å². The van der Waals surface area contributed by atoms with E-state index in [1.54, 1.807) is 12.3 Å². The maximum absolute atomic E-state index is 14.0. The van der Waals surface area contributed by atoms with Crippen LogP contribution in [0.3, 0.4) is 0 Å². The van der Waals surface area contributed by atoms with Gasteiger partial charge in [0.1, 0.15) is 16.5 Å². The monoisotopic (exact) mass is 408 g/mol. The van der Waals surface area contributed by atoms with Crippen molar-refractivity contribution in [3.05, 3.63) is 47.9 Å². The Bertz CT molecular complexity index is 958. The third kappa shape index (κ3) is 4.29. The zero-order valence-electron chi connectivity index (χ0n) is 15.6. The molecule has 2 heterocycles. The smallest absolute Gasteiger partial charge is 0.256 e. The van der Waals surface area contributed by atoms with Crippen LogP contribution in [0.25, 0.3) is 0 Å². The molecule has 1 saturated heterocycles. The van der Waals surface area contributed by atoms with E-state index in [1.165, 1.54) is 20.2 Å². The van der Waals surface area contributed by atoms with E-state index in [4.69, 9.17) is 4.74 Å². The van der Waals surface area contributed by atoms with Gasteiger partial charge in [-0.25, -0.2) is 22.1 Å². The standard InChI is InChI=1S/C18H21FN4O4S/c1-22(2)28(25,26)16-11-13(3-5-15(16)19)18(24)21-17-6-4-14(12-20-17)23-7-9-27-10-8-23/h3-6,11-12H,7-10H2,1-2H3,(H,20,21,24). The third-order valence-electron chi connectivity index (χ3n) is 4.32. The van der Waals surface area contributed by atoms with Crippen LogP contribution < -0.4 is 10.2 Å². The van der Waals surface area contributed by atoms with Gasteiger partial charge in [0.15, 0.2) is 0 Å². The SMILES string of the molecule is CN(C)S(=O)(=O)c1cc(C(=O)Nc2ccc(N3CCOCC3)cn2)ccc1F. The molecule has 0 radical (unpaired) electrons. The number of carbonyl (C=O) groups excluding carboxylic acids is 1. The maximum atomic E-state index is 14.0. The lowest BCUT2D eigenvalue weighted by Gasteiger charge is -2.28. The number of rotatable bonds is 5. The van der Waals surface area contributed by atoms with E-state index in [-0.39, 0.29) is 5.56 Å². The minimum Gasteiger partial charge on any atom is -0.378 e. The Morgan fingerprint density at radius 1 is 1.21 bits per heavy atom. The highest BCUT2D eigenvalue weighted by Crippen LogP contribution is 2.21. The maximum Gasteiger partial charge on any atom is 0.256 e. The van der Waals surface area contributed by atoms with Gasteiger partial charge in [0.05, 0.1) is 25.1 Å². The predicted molar refractivity (Wildman–Crippen MR) is 102 cm³/mol. The molecule has 1 amide bonds. The molecular formula is C18H21FN4O4S. The zero-order chi connectivity index (χ0) is 20.3. The van der Waals surface area contributed by atoms with Gasteiger partial charge >= 0.3 is 0 Å². The van der Waals surface area contributed by atoms with Crippen LogP contribution >= 0.6 is 0 Å². The summed E-state index contributed by atoms with van der Waals surface area (Å²) in [5, 5.41) is 2.59. The largest absolute Gasteiger partial charge is 0.378 e. The summed E-state index contributed by atoms with van der Waals surface area (Å²) in [6.45, 7) is 2.85. The molecule has 1 aliphatic heterocycles. The molecule has 8 nitrogen and oxygen atoms in total. The number of hydrogen-bond donors (Lipinski definition) is 1. The molecule has 28 heavy (non-hydrogen) atoms. The summed E-state index contributed by atoms with van der Waals surface area (Å²) in [4.78, 5) is 18.2. The molecule has 1 N–H and O–H groups in total. The van der Waals surface area contributed by atoms with Gasteiger partial charge in [-0.05, 0) is 30.3 Å². The molecule has 10 heteroatoms. The molecular weight excluding hydrogens is 387 g/mol. The van der Waals surface area contributed by atoms with Crippen LogP contribution in [0, 0.1) is 5.82 Å². The van der Waals surface area contributed by atoms with Crippen LogP contribution in [0.5, 0.6) is 0 Å². The van der Waals surface area contributed by atoms with Crippen LogP contribution in [-0.4, -0.2) is 64.0 Å². The summed E-state index contributed by atoms with van der Waals surface area (Å²) < 4.78 is 44.6. The molecule has 0 saturated carbocycles. The fraction of sp³-hybridized carbons (Fsp3) is 0.333. The number of halogens is 1. The van der Waals surface area contributed by atoms with Crippen molar-refractivity contribution < 1.29 is 22.3 Å². The first-order valence-electron chi connectivity index (χ1n) is 8.61. The van der Waals surface area contributed by atoms with E-state index in [2.05, 4.69) is 15.2 Å². The minimum absolute atomic E-state index is 0.0147. The fourth-order valence-electron chi connectivity index (χ4n) is 2.70. The molecule has 1 aromatic heterocycles. The highest BCUT2D eigenvalue weighted by atomic mass is 32.2. The van der Waals surface area contributed by atoms with E-state index in [0.717, 1.165) is 35.2 Å². The Labute approximate surface area is 163 Å². The molecule has 0 spiro atoms. The second-order valence-corrected chi connectivity index (χ2v) is 8.51. The predicted octanol–water partition coefficient (Wildman–Crippen LogP) is 1.56. The number of aromatic nitrogens is 1. The topological polar surface area (TPSA) is 91.8 Å². The lowest BCUT2D eigenvalue weighted by molar-refractivity contribution is 0.102. The van der Waals surface area contributed by atoms with Gasteiger partial charge in [-0.15, -0.1) is 0 Å². The fourth-order valence-corrected chi connectivity index (χ4v) is 3.68. The molecule has 150 valence electrons. The number of hydrogen-bond acceptors (Lipinski definition) is 6. The van der Waals surface area contributed by atoms with E-state index < -0.39 is 26.6 Å². The summed E-state index contributed by atoms with van der Waals surface area (Å²) in [5.74, 6) is -1.19. The Kier molecular flexibility index (Phi) is 5.92. The number of pyridine rings is 1. The molecule has 0 unspecified atom stereocenters. The summed E-state index contributed by atoms with van der Waals surface area (Å²) in [5.41, 5.74) is 0.934. The van der Waals surface area contributed by atoms with Gasteiger partial charge in [0, 0.05) is 32.7 Å². The van der Waals surface area contributed by atoms with Crippen molar-refractivity contribution in [1.29, 1.82) is 0 Å². The van der Waals surface area contributed by atoms with Crippen molar-refractivity contribution >= 4 is 27.4 Å². The van der Waals surface area contributed by atoms with Crippen molar-refractivity contribution in [3.8, 4) is 0 Å². The van der Waals surface area contributed by atoms with Crippen molar-refractivity contribution in [1.82, 2.24) is 9.29 Å². The van der Waals surface area contributed by atoms with Crippen LogP contribution in [0.15, 0.2) is 41.4 Å². The highest BCUT2D eigenvalue weighted by molar-refractivity contribution is 7.89. The van der Waals surface area contributed by atoms with Crippen molar-refractivity contribution in [2.75, 3.05) is 50.6 Å². The second-order valence-electron chi connectivity index (χ2n) is 6.39. The molecule has 1 fully saturated rings. The zero-order valence-corrected chi connectivity index (χ0v) is 16.4. The first kappa shape index (κ1) is 20.2. The van der Waals surface area contributed by atoms with Gasteiger partial charge in [-0.2, -0.15) is 0 Å². The average Bonchev–Trinajstić information content (AvgIpc) is 2.69. The number of nitrogens with zero attached hydrogens (tertiary/aromatic N) is 3. The average molecular weight is 408 g/mol. The summed E-state index contributed by atoms with van der Waals surface area (Å²) >= 11 is 0. The number of sulfonamides is 1. The van der Waals surface area contributed by atoms with Gasteiger partial charge < -0.3 is 15.0 Å². The highest BCUT2D eigenvalue weighted by Gasteiger charge is 2.23. The van der Waals surface area contributed by atoms with E-state index in [9.17, 15) is 17.6 Å². The van der Waals surface area contributed by atoms with Crippen LogP contribution in [0.2, 0.25) is 0 Å². The quantitative estimate of drug-likeness (QED) is 0.807. The Hall–Kier alpha value is -2.56. The third-order valence-corrected chi connectivity index (χ3v) is 6.15. The Morgan fingerprint density at radius 3 is 2.54 bits per heavy atom. The normalized spacial score (nSPS) is 14.9. The number of morpholine rings is 1. The summed E-state index contributed by atoms with van der Waals surface area (Å²) in [6.07, 6.45) is 1.65. The van der Waals surface area contributed by atoms with Crippen LogP contribution in [0.4, 0.5) is 15.9 Å². The number of ether oxygens (including phenoxy) is 1. The van der Waals surface area contributed by atoms with E-state index in [1.807, 2.05) is 6.07 Å². The Morgan fingerprint density at radius 2 is 1.93 bits per heavy atom. The van der Waals surface area contributed by atoms with Gasteiger partial charge in [0.2, 0.25) is 10.0 Å². The molecule has 0 aliphatic carbocycles. The van der Waals surface area contributed by atoms with Crippen molar-refractivity contribution in [3.63, 3.8) is 0 Å². The number of amides is 1. The van der Waals surface area contributed by atoms with E-state index >= 15 is 0 Å². The summed E-state index contributed by atoms with van der Waals surface area (Å²) in [6, 6.07) is 6.69. The van der Waals surface area contributed by atoms with Gasteiger partial charge in [-0.1, -0.05) is 0 Å².